The van der Waals surface area contributed by atoms with Crippen LogP contribution in [0.2, 0.25) is 0 Å². The Morgan fingerprint density at radius 3 is 2.46 bits per heavy atom. The van der Waals surface area contributed by atoms with E-state index in [-0.39, 0.29) is 0 Å². The van der Waals surface area contributed by atoms with Gasteiger partial charge in [-0.05, 0) is 43.4 Å². The summed E-state index contributed by atoms with van der Waals surface area (Å²) in [6.07, 6.45) is 4.98. The van der Waals surface area contributed by atoms with Gasteiger partial charge in [-0.3, -0.25) is 4.98 Å². The van der Waals surface area contributed by atoms with Crippen LogP contribution in [0.4, 0.5) is 0 Å². The summed E-state index contributed by atoms with van der Waals surface area (Å²) >= 11 is 0. The third kappa shape index (κ3) is 2.89. The number of fused-ring (bicyclic) bond motifs is 1. The maximum absolute atomic E-state index is 4.73. The average molecular weight is 318 g/mol. The molecule has 0 atom stereocenters. The molecule has 3 rings (SSSR count). The van der Waals surface area contributed by atoms with Crippen molar-refractivity contribution < 1.29 is 0 Å². The monoisotopic (exact) mass is 318 g/mol. The van der Waals surface area contributed by atoms with Crippen molar-refractivity contribution >= 4 is 17.0 Å². The highest BCUT2D eigenvalue weighted by Gasteiger charge is 2.16. The molecule has 0 N–H and O–H groups in total. The van der Waals surface area contributed by atoms with Crippen molar-refractivity contribution in [2.45, 2.75) is 40.7 Å². The van der Waals surface area contributed by atoms with E-state index < -0.39 is 0 Å². The van der Waals surface area contributed by atoms with Gasteiger partial charge in [0, 0.05) is 29.4 Å². The zero-order chi connectivity index (χ0) is 17.3. The van der Waals surface area contributed by atoms with Crippen molar-refractivity contribution in [3.63, 3.8) is 0 Å². The van der Waals surface area contributed by atoms with E-state index in [1.807, 2.05) is 12.3 Å². The van der Waals surface area contributed by atoms with Gasteiger partial charge in [-0.2, -0.15) is 0 Å². The molecule has 124 valence electrons. The molecule has 2 nitrogen and oxygen atoms in total. The van der Waals surface area contributed by atoms with E-state index in [0.29, 0.717) is 5.92 Å². The second-order valence-electron chi connectivity index (χ2n) is 6.93. The highest BCUT2D eigenvalue weighted by atomic mass is 15.0. The molecule has 0 unspecified atom stereocenters. The molecular weight excluding hydrogens is 292 g/mol. The first-order chi connectivity index (χ1) is 11.5. The Labute approximate surface area is 144 Å². The first-order valence-electron chi connectivity index (χ1n) is 8.70. The SMILES string of the molecule is C=Cc1ccc(-c2nccc3c(C)c(C)n(CCC(C)C)c23)cc1. The number of hydrogen-bond donors (Lipinski definition) is 0. The minimum Gasteiger partial charge on any atom is -0.343 e. The summed E-state index contributed by atoms with van der Waals surface area (Å²) in [5.74, 6) is 0.689. The van der Waals surface area contributed by atoms with E-state index in [0.717, 1.165) is 23.4 Å². The Morgan fingerprint density at radius 2 is 1.83 bits per heavy atom. The first-order valence-corrected chi connectivity index (χ1v) is 8.70. The zero-order valence-corrected chi connectivity index (χ0v) is 15.1. The fourth-order valence-corrected chi connectivity index (χ4v) is 3.25. The fourth-order valence-electron chi connectivity index (χ4n) is 3.25. The molecule has 0 aliphatic heterocycles. The van der Waals surface area contributed by atoms with Crippen molar-refractivity contribution in [3.05, 3.63) is 59.9 Å². The van der Waals surface area contributed by atoms with Crippen LogP contribution in [-0.4, -0.2) is 9.55 Å². The van der Waals surface area contributed by atoms with Gasteiger partial charge >= 0.3 is 0 Å². The lowest BCUT2D eigenvalue weighted by Gasteiger charge is -2.13. The predicted octanol–water partition coefficient (Wildman–Crippen LogP) is 6.01. The van der Waals surface area contributed by atoms with Crippen LogP contribution in [0.1, 0.15) is 37.1 Å². The molecule has 0 spiro atoms. The maximum atomic E-state index is 4.73. The molecule has 0 radical (unpaired) electrons. The molecule has 0 fully saturated rings. The molecule has 2 heterocycles. The standard InChI is InChI=1S/C22H26N2/c1-6-18-7-9-19(10-8-18)21-22-20(11-13-23-21)16(4)17(5)24(22)14-12-15(2)3/h6-11,13,15H,1,12,14H2,2-5H3. The molecule has 0 aliphatic rings. The van der Waals surface area contributed by atoms with Crippen molar-refractivity contribution in [2.75, 3.05) is 0 Å². The summed E-state index contributed by atoms with van der Waals surface area (Å²) in [5, 5.41) is 1.31. The number of nitrogens with zero attached hydrogens (tertiary/aromatic N) is 2. The third-order valence-corrected chi connectivity index (χ3v) is 4.90. The number of aromatic nitrogens is 2. The van der Waals surface area contributed by atoms with Gasteiger partial charge in [0.25, 0.3) is 0 Å². The van der Waals surface area contributed by atoms with Crippen LogP contribution >= 0.6 is 0 Å². The second kappa shape index (κ2) is 6.64. The minimum atomic E-state index is 0.689. The van der Waals surface area contributed by atoms with Crippen LogP contribution in [0, 0.1) is 19.8 Å². The number of benzene rings is 1. The topological polar surface area (TPSA) is 17.8 Å². The van der Waals surface area contributed by atoms with Gasteiger partial charge < -0.3 is 4.57 Å². The molecule has 0 saturated carbocycles. The van der Waals surface area contributed by atoms with E-state index in [9.17, 15) is 0 Å². The minimum absolute atomic E-state index is 0.689. The molecule has 0 aliphatic carbocycles. The van der Waals surface area contributed by atoms with Crippen LogP contribution in [-0.2, 0) is 6.54 Å². The lowest BCUT2D eigenvalue weighted by molar-refractivity contribution is 0.519. The van der Waals surface area contributed by atoms with Crippen LogP contribution in [0.25, 0.3) is 28.2 Å². The summed E-state index contributed by atoms with van der Waals surface area (Å²) in [5.41, 5.74) is 7.34. The van der Waals surface area contributed by atoms with Crippen molar-refractivity contribution in [2.24, 2.45) is 5.92 Å². The highest BCUT2D eigenvalue weighted by molar-refractivity contribution is 5.95. The molecule has 0 amide bonds. The van der Waals surface area contributed by atoms with Gasteiger partial charge in [0.1, 0.15) is 0 Å². The molecule has 3 aromatic rings. The Morgan fingerprint density at radius 1 is 1.12 bits per heavy atom. The predicted molar refractivity (Wildman–Crippen MR) is 104 cm³/mol. The van der Waals surface area contributed by atoms with Gasteiger partial charge in [0.05, 0.1) is 11.2 Å². The number of aryl methyl sites for hydroxylation is 2. The molecule has 1 aromatic carbocycles. The fraction of sp³-hybridized carbons (Fsp3) is 0.318. The summed E-state index contributed by atoms with van der Waals surface area (Å²) in [4.78, 5) is 4.73. The van der Waals surface area contributed by atoms with Crippen LogP contribution in [0.15, 0.2) is 43.1 Å². The van der Waals surface area contributed by atoms with E-state index in [1.54, 1.807) is 0 Å². The van der Waals surface area contributed by atoms with E-state index in [1.165, 1.54) is 28.6 Å². The lowest BCUT2D eigenvalue weighted by Crippen LogP contribution is -2.04. The van der Waals surface area contributed by atoms with Gasteiger partial charge in [-0.1, -0.05) is 50.8 Å². The Kier molecular flexibility index (Phi) is 4.57. The smallest absolute Gasteiger partial charge is 0.0944 e. The molecule has 2 heteroatoms. The second-order valence-corrected chi connectivity index (χ2v) is 6.93. The zero-order valence-electron chi connectivity index (χ0n) is 15.1. The molecule has 0 bridgehead atoms. The van der Waals surface area contributed by atoms with Gasteiger partial charge in [-0.15, -0.1) is 0 Å². The Balaban J connectivity index is 2.20. The normalized spacial score (nSPS) is 11.4. The van der Waals surface area contributed by atoms with E-state index >= 15 is 0 Å². The number of pyridine rings is 1. The number of hydrogen-bond acceptors (Lipinski definition) is 1. The molecule has 24 heavy (non-hydrogen) atoms. The van der Waals surface area contributed by atoms with Crippen molar-refractivity contribution in [1.82, 2.24) is 9.55 Å². The third-order valence-electron chi connectivity index (χ3n) is 4.90. The van der Waals surface area contributed by atoms with Crippen LogP contribution in [0.3, 0.4) is 0 Å². The Bertz CT molecular complexity index is 867. The van der Waals surface area contributed by atoms with E-state index in [2.05, 4.69) is 69.2 Å². The van der Waals surface area contributed by atoms with Crippen molar-refractivity contribution in [3.8, 4) is 11.3 Å². The van der Waals surface area contributed by atoms with Crippen LogP contribution in [0.5, 0.6) is 0 Å². The summed E-state index contributed by atoms with van der Waals surface area (Å²) < 4.78 is 2.45. The molecular formula is C22H26N2. The average Bonchev–Trinajstić information content (AvgIpc) is 2.84. The first kappa shape index (κ1) is 16.5. The Hall–Kier alpha value is -2.35. The molecule has 2 aromatic heterocycles. The largest absolute Gasteiger partial charge is 0.343 e. The summed E-state index contributed by atoms with van der Waals surface area (Å²) in [6.45, 7) is 13.9. The summed E-state index contributed by atoms with van der Waals surface area (Å²) in [6, 6.07) is 10.6. The molecule has 0 saturated heterocycles. The lowest BCUT2D eigenvalue weighted by atomic mass is 10.1. The summed E-state index contributed by atoms with van der Waals surface area (Å²) in [7, 11) is 0. The highest BCUT2D eigenvalue weighted by Crippen LogP contribution is 2.33. The number of rotatable bonds is 5. The van der Waals surface area contributed by atoms with Gasteiger partial charge in [-0.25, -0.2) is 0 Å². The van der Waals surface area contributed by atoms with Crippen molar-refractivity contribution in [1.29, 1.82) is 0 Å². The van der Waals surface area contributed by atoms with Gasteiger partial charge in [0.2, 0.25) is 0 Å². The quantitative estimate of drug-likeness (QED) is 0.563. The maximum Gasteiger partial charge on any atom is 0.0944 e. The van der Waals surface area contributed by atoms with E-state index in [4.69, 9.17) is 4.98 Å². The van der Waals surface area contributed by atoms with Gasteiger partial charge in [0.15, 0.2) is 0 Å². The van der Waals surface area contributed by atoms with Crippen LogP contribution < -0.4 is 0 Å².